The van der Waals surface area contributed by atoms with Gasteiger partial charge in [-0.15, -0.1) is 0 Å². The lowest BCUT2D eigenvalue weighted by Crippen LogP contribution is -2.43. The van der Waals surface area contributed by atoms with Crippen molar-refractivity contribution in [3.63, 3.8) is 0 Å². The number of nitrogens with one attached hydrogen (secondary N) is 2. The molecule has 2 atom stereocenters. The first-order valence-corrected chi connectivity index (χ1v) is 12.0. The quantitative estimate of drug-likeness (QED) is 0.421. The highest BCUT2D eigenvalue weighted by Gasteiger charge is 2.25. The average Bonchev–Trinajstić information content (AvgIpc) is 3.18. The van der Waals surface area contributed by atoms with Crippen LogP contribution in [0.15, 0.2) is 24.3 Å². The normalized spacial score (nSPS) is 20.7. The molecule has 2 aliphatic rings. The van der Waals surface area contributed by atoms with Gasteiger partial charge < -0.3 is 31.7 Å². The number of aromatic nitrogens is 3. The minimum Gasteiger partial charge on any atom is -0.378 e. The zero-order valence-corrected chi connectivity index (χ0v) is 19.8. The summed E-state index contributed by atoms with van der Waals surface area (Å²) in [6.45, 7) is 2.82. The van der Waals surface area contributed by atoms with Gasteiger partial charge in [-0.1, -0.05) is 12.8 Å². The summed E-state index contributed by atoms with van der Waals surface area (Å²) in [7, 11) is 1.90. The third kappa shape index (κ3) is 4.73. The Morgan fingerprint density at radius 3 is 2.69 bits per heavy atom. The maximum Gasteiger partial charge on any atom is 0.252 e. The molecule has 186 valence electrons. The number of fused-ring (bicyclic) bond motifs is 1. The van der Waals surface area contributed by atoms with Gasteiger partial charge in [0.25, 0.3) is 5.91 Å². The van der Waals surface area contributed by atoms with Gasteiger partial charge in [-0.05, 0) is 37.1 Å². The maximum absolute atomic E-state index is 14.9. The van der Waals surface area contributed by atoms with Crippen molar-refractivity contribution in [3.8, 4) is 0 Å². The molecule has 11 heteroatoms. The molecule has 1 amide bonds. The van der Waals surface area contributed by atoms with Gasteiger partial charge in [0.1, 0.15) is 5.82 Å². The molecular formula is C24H31FN8O2. The van der Waals surface area contributed by atoms with Gasteiger partial charge in [0.15, 0.2) is 17.5 Å². The third-order valence-corrected chi connectivity index (χ3v) is 6.79. The van der Waals surface area contributed by atoms with Crippen molar-refractivity contribution in [1.29, 1.82) is 0 Å². The molecule has 1 saturated carbocycles. The Labute approximate surface area is 202 Å². The van der Waals surface area contributed by atoms with Crippen molar-refractivity contribution in [2.45, 2.75) is 37.8 Å². The van der Waals surface area contributed by atoms with E-state index in [-0.39, 0.29) is 29.3 Å². The molecule has 0 radical (unpaired) electrons. The van der Waals surface area contributed by atoms with E-state index in [1.165, 1.54) is 0 Å². The van der Waals surface area contributed by atoms with Gasteiger partial charge in [0, 0.05) is 43.3 Å². The number of benzene rings is 1. The minimum atomic E-state index is -0.767. The number of halogens is 1. The second kappa shape index (κ2) is 9.67. The standard InChI is InChI=1S/C24H31FN8O2/c1-32-20-7-6-14(12-15(20)24(31-32)33-8-10-35-11-9-33)28-22-16(21(27)34)13-17(25)23(30-22)29-19-5-3-2-4-18(19)26/h6-7,12-13,18-19H,2-5,8-11,26H2,1H3,(H2,27,34)(H2,28,29,30)/t18-,19+/m0/s1. The van der Waals surface area contributed by atoms with E-state index < -0.39 is 11.7 Å². The molecule has 2 aromatic heterocycles. The second-order valence-electron chi connectivity index (χ2n) is 9.18. The number of rotatable bonds is 6. The first kappa shape index (κ1) is 23.3. The number of nitrogens with two attached hydrogens (primary N) is 2. The predicted molar refractivity (Wildman–Crippen MR) is 134 cm³/mol. The summed E-state index contributed by atoms with van der Waals surface area (Å²) in [5.41, 5.74) is 13.4. The topological polar surface area (TPSA) is 136 Å². The van der Waals surface area contributed by atoms with Crippen LogP contribution in [0.1, 0.15) is 36.0 Å². The van der Waals surface area contributed by atoms with Gasteiger partial charge in [0.05, 0.1) is 24.3 Å². The molecule has 2 fully saturated rings. The molecular weight excluding hydrogens is 451 g/mol. The van der Waals surface area contributed by atoms with Crippen LogP contribution in [0.5, 0.6) is 0 Å². The van der Waals surface area contributed by atoms with E-state index in [1.807, 2.05) is 29.9 Å². The van der Waals surface area contributed by atoms with Gasteiger partial charge in [-0.2, -0.15) is 5.10 Å². The highest BCUT2D eigenvalue weighted by atomic mass is 19.1. The zero-order chi connectivity index (χ0) is 24.5. The van der Waals surface area contributed by atoms with Crippen molar-refractivity contribution < 1.29 is 13.9 Å². The molecule has 0 bridgehead atoms. The van der Waals surface area contributed by atoms with E-state index in [2.05, 4.69) is 20.5 Å². The minimum absolute atomic E-state index is 0.0271. The second-order valence-corrected chi connectivity index (χ2v) is 9.18. The van der Waals surface area contributed by atoms with Gasteiger partial charge in [-0.25, -0.2) is 9.37 Å². The number of carbonyl (C=O) groups is 1. The number of morpholine rings is 1. The van der Waals surface area contributed by atoms with E-state index in [0.717, 1.165) is 61.6 Å². The molecule has 0 unspecified atom stereocenters. The monoisotopic (exact) mass is 482 g/mol. The Morgan fingerprint density at radius 1 is 1.17 bits per heavy atom. The summed E-state index contributed by atoms with van der Waals surface area (Å²) in [6, 6.07) is 6.73. The van der Waals surface area contributed by atoms with E-state index in [0.29, 0.717) is 18.9 Å². The van der Waals surface area contributed by atoms with E-state index in [1.54, 1.807) is 0 Å². The predicted octanol–water partition coefficient (Wildman–Crippen LogP) is 2.47. The number of anilines is 4. The Kier molecular flexibility index (Phi) is 6.44. The van der Waals surface area contributed by atoms with Gasteiger partial charge >= 0.3 is 0 Å². The average molecular weight is 483 g/mol. The number of aryl methyl sites for hydroxylation is 1. The molecule has 1 aromatic carbocycles. The lowest BCUT2D eigenvalue weighted by molar-refractivity contribution is 0.100. The summed E-state index contributed by atoms with van der Waals surface area (Å²) < 4.78 is 22.2. The highest BCUT2D eigenvalue weighted by Crippen LogP contribution is 2.31. The Hall–Kier alpha value is -3.44. The molecule has 1 aliphatic heterocycles. The van der Waals surface area contributed by atoms with Crippen molar-refractivity contribution >= 4 is 40.0 Å². The Morgan fingerprint density at radius 2 is 1.94 bits per heavy atom. The molecule has 6 N–H and O–H groups in total. The number of ether oxygens (including phenoxy) is 1. The Bertz CT molecular complexity index is 1240. The van der Waals surface area contributed by atoms with Crippen LogP contribution in [0, 0.1) is 5.82 Å². The van der Waals surface area contributed by atoms with E-state index in [9.17, 15) is 9.18 Å². The fraction of sp³-hybridized carbons (Fsp3) is 0.458. The van der Waals surface area contributed by atoms with Crippen LogP contribution in [0.4, 0.5) is 27.5 Å². The van der Waals surface area contributed by atoms with Crippen molar-refractivity contribution in [1.82, 2.24) is 14.8 Å². The lowest BCUT2D eigenvalue weighted by atomic mass is 9.91. The van der Waals surface area contributed by atoms with Crippen LogP contribution in [-0.2, 0) is 11.8 Å². The zero-order valence-electron chi connectivity index (χ0n) is 19.8. The Balaban J connectivity index is 1.48. The number of pyridine rings is 1. The van der Waals surface area contributed by atoms with Gasteiger partial charge in [0.2, 0.25) is 0 Å². The van der Waals surface area contributed by atoms with Crippen LogP contribution >= 0.6 is 0 Å². The number of nitrogens with zero attached hydrogens (tertiary/aromatic N) is 4. The van der Waals surface area contributed by atoms with E-state index >= 15 is 0 Å². The smallest absolute Gasteiger partial charge is 0.252 e. The molecule has 3 aromatic rings. The lowest BCUT2D eigenvalue weighted by Gasteiger charge is -2.30. The fourth-order valence-corrected chi connectivity index (χ4v) is 4.86. The summed E-state index contributed by atoms with van der Waals surface area (Å²) in [5, 5.41) is 12.0. The van der Waals surface area contributed by atoms with Crippen LogP contribution in [-0.4, -0.2) is 59.1 Å². The molecule has 0 spiro atoms. The van der Waals surface area contributed by atoms with Crippen molar-refractivity contribution in [2.75, 3.05) is 41.8 Å². The number of amides is 1. The summed E-state index contributed by atoms with van der Waals surface area (Å²) in [6.07, 6.45) is 3.80. The molecule has 5 rings (SSSR count). The van der Waals surface area contributed by atoms with Crippen molar-refractivity contribution in [2.24, 2.45) is 18.5 Å². The number of primary amides is 1. The fourth-order valence-electron chi connectivity index (χ4n) is 4.86. The molecule has 35 heavy (non-hydrogen) atoms. The number of hydrogen-bond acceptors (Lipinski definition) is 8. The number of hydrogen-bond donors (Lipinski definition) is 4. The molecule has 3 heterocycles. The van der Waals surface area contributed by atoms with Crippen LogP contribution < -0.4 is 27.0 Å². The maximum atomic E-state index is 14.9. The first-order valence-electron chi connectivity index (χ1n) is 12.0. The van der Waals surface area contributed by atoms with Crippen LogP contribution in [0.25, 0.3) is 10.9 Å². The SMILES string of the molecule is Cn1nc(N2CCOCC2)c2cc(Nc3nc(N[C@@H]4CCCC[C@@H]4N)c(F)cc3C(N)=O)ccc21. The largest absolute Gasteiger partial charge is 0.378 e. The van der Waals surface area contributed by atoms with Gasteiger partial charge in [-0.3, -0.25) is 9.48 Å². The highest BCUT2D eigenvalue weighted by molar-refractivity contribution is 5.99. The molecule has 1 saturated heterocycles. The first-order chi connectivity index (χ1) is 16.9. The summed E-state index contributed by atoms with van der Waals surface area (Å²) in [4.78, 5) is 18.7. The third-order valence-electron chi connectivity index (χ3n) is 6.79. The number of carbonyl (C=O) groups excluding carboxylic acids is 1. The van der Waals surface area contributed by atoms with Crippen LogP contribution in [0.3, 0.4) is 0 Å². The molecule has 10 nitrogen and oxygen atoms in total. The summed E-state index contributed by atoms with van der Waals surface area (Å²) in [5.74, 6) is -0.306. The van der Waals surface area contributed by atoms with Crippen LogP contribution in [0.2, 0.25) is 0 Å². The molecule has 1 aliphatic carbocycles. The van der Waals surface area contributed by atoms with E-state index in [4.69, 9.17) is 21.3 Å². The van der Waals surface area contributed by atoms with Crippen molar-refractivity contribution in [3.05, 3.63) is 35.6 Å². The summed E-state index contributed by atoms with van der Waals surface area (Å²) >= 11 is 0.